The molecule has 0 fully saturated rings. The molecular formula is C21H18N6O4. The summed E-state index contributed by atoms with van der Waals surface area (Å²) in [5, 5.41) is 13.1. The van der Waals surface area contributed by atoms with Crippen molar-refractivity contribution in [1.82, 2.24) is 19.5 Å². The van der Waals surface area contributed by atoms with Crippen LogP contribution in [0.1, 0.15) is 21.5 Å². The summed E-state index contributed by atoms with van der Waals surface area (Å²) in [5.41, 5.74) is 5.70. The minimum Gasteiger partial charge on any atom is -0.478 e. The van der Waals surface area contributed by atoms with E-state index in [2.05, 4.69) is 25.5 Å². The molecule has 2 aliphatic rings. The van der Waals surface area contributed by atoms with Crippen molar-refractivity contribution >= 4 is 28.9 Å². The molecule has 3 N–H and O–H groups in total. The average molecular weight is 418 g/mol. The second-order valence-electron chi connectivity index (χ2n) is 7.00. The lowest BCUT2D eigenvalue weighted by atomic mass is 10.1. The van der Waals surface area contributed by atoms with Crippen molar-refractivity contribution in [2.24, 2.45) is 5.10 Å². The van der Waals surface area contributed by atoms with Crippen LogP contribution in [0.3, 0.4) is 0 Å². The number of nitrogens with zero attached hydrogens (tertiary/aromatic N) is 4. The van der Waals surface area contributed by atoms with Gasteiger partial charge in [-0.2, -0.15) is 10.1 Å². The fourth-order valence-electron chi connectivity index (χ4n) is 3.16. The van der Waals surface area contributed by atoms with Gasteiger partial charge in [0.1, 0.15) is 0 Å². The predicted octanol–water partition coefficient (Wildman–Crippen LogP) is 2.00. The van der Waals surface area contributed by atoms with Gasteiger partial charge in [-0.3, -0.25) is 15.2 Å². The molecule has 0 saturated carbocycles. The topological polar surface area (TPSA) is 142 Å². The lowest BCUT2D eigenvalue weighted by molar-refractivity contribution is 0.0697. The zero-order chi connectivity index (χ0) is 22.1. The predicted molar refractivity (Wildman–Crippen MR) is 116 cm³/mol. The largest absolute Gasteiger partial charge is 0.478 e. The van der Waals surface area contributed by atoms with Crippen molar-refractivity contribution in [2.45, 2.75) is 20.4 Å². The van der Waals surface area contributed by atoms with Gasteiger partial charge in [0.15, 0.2) is 11.5 Å². The third kappa shape index (κ3) is 3.90. The molecule has 31 heavy (non-hydrogen) atoms. The van der Waals surface area contributed by atoms with E-state index < -0.39 is 17.2 Å². The molecule has 0 spiro atoms. The van der Waals surface area contributed by atoms with E-state index in [4.69, 9.17) is 5.11 Å². The molecule has 0 unspecified atom stereocenters. The van der Waals surface area contributed by atoms with E-state index in [0.717, 1.165) is 11.1 Å². The van der Waals surface area contributed by atoms with E-state index in [0.29, 0.717) is 16.7 Å². The summed E-state index contributed by atoms with van der Waals surface area (Å²) < 4.78 is 1.71. The summed E-state index contributed by atoms with van der Waals surface area (Å²) in [6.07, 6.45) is 1.56. The second-order valence-corrected chi connectivity index (χ2v) is 7.00. The van der Waals surface area contributed by atoms with Crippen LogP contribution in [0.15, 0.2) is 51.1 Å². The summed E-state index contributed by atoms with van der Waals surface area (Å²) in [6, 6.07) is 9.94. The quantitative estimate of drug-likeness (QED) is 0.256. The Hall–Kier alpha value is -4.34. The number of fused-ring (bicyclic) bond motifs is 2. The van der Waals surface area contributed by atoms with E-state index in [1.807, 2.05) is 26.0 Å². The molecule has 0 saturated heterocycles. The Morgan fingerprint density at radius 3 is 2.58 bits per heavy atom. The van der Waals surface area contributed by atoms with Crippen molar-refractivity contribution < 1.29 is 9.90 Å². The van der Waals surface area contributed by atoms with Crippen molar-refractivity contribution in [3.05, 3.63) is 73.9 Å². The molecular weight excluding hydrogens is 400 g/mol. The average Bonchev–Trinajstić information content (AvgIpc) is 2.72. The molecule has 2 heterocycles. The second kappa shape index (κ2) is 7.82. The number of rotatable bonds is 5. The highest BCUT2D eigenvalue weighted by Crippen LogP contribution is 2.23. The van der Waals surface area contributed by atoms with Crippen LogP contribution < -0.4 is 16.7 Å². The maximum absolute atomic E-state index is 12.3. The van der Waals surface area contributed by atoms with Crippen LogP contribution in [-0.4, -0.2) is 36.8 Å². The zero-order valence-electron chi connectivity index (χ0n) is 16.7. The van der Waals surface area contributed by atoms with Crippen LogP contribution in [0.5, 0.6) is 0 Å². The van der Waals surface area contributed by atoms with Gasteiger partial charge >= 0.3 is 11.7 Å². The fraction of sp³-hybridized carbons (Fsp3) is 0.143. The Bertz CT molecular complexity index is 1420. The number of aromatic carboxylic acids is 1. The van der Waals surface area contributed by atoms with Crippen LogP contribution in [0, 0.1) is 13.8 Å². The van der Waals surface area contributed by atoms with Crippen molar-refractivity contribution in [2.75, 3.05) is 5.43 Å². The van der Waals surface area contributed by atoms with Gasteiger partial charge in [-0.1, -0.05) is 0 Å². The van der Waals surface area contributed by atoms with Gasteiger partial charge in [-0.15, -0.1) is 0 Å². The van der Waals surface area contributed by atoms with E-state index in [1.54, 1.807) is 22.9 Å². The number of hydrazone groups is 1. The summed E-state index contributed by atoms with van der Waals surface area (Å²) in [6.45, 7) is 4.13. The highest BCUT2D eigenvalue weighted by molar-refractivity contribution is 5.88. The van der Waals surface area contributed by atoms with Gasteiger partial charge in [0, 0.05) is 6.21 Å². The van der Waals surface area contributed by atoms with Crippen molar-refractivity contribution in [3.8, 4) is 11.5 Å². The van der Waals surface area contributed by atoms with Gasteiger partial charge in [0.05, 0.1) is 28.8 Å². The summed E-state index contributed by atoms with van der Waals surface area (Å²) >= 11 is 0. The number of carboxylic acid groups (broad SMARTS) is 1. The zero-order valence-corrected chi connectivity index (χ0v) is 16.7. The summed E-state index contributed by atoms with van der Waals surface area (Å²) in [5.74, 6) is -0.838. The molecule has 0 radical (unpaired) electrons. The van der Waals surface area contributed by atoms with Gasteiger partial charge in [0.2, 0.25) is 0 Å². The number of aryl methyl sites for hydroxylation is 2. The van der Waals surface area contributed by atoms with Crippen molar-refractivity contribution in [3.63, 3.8) is 0 Å². The van der Waals surface area contributed by atoms with Crippen LogP contribution in [0.25, 0.3) is 22.6 Å². The Labute approximate surface area is 175 Å². The smallest absolute Gasteiger partial charge is 0.349 e. The van der Waals surface area contributed by atoms with E-state index in [1.165, 1.54) is 12.1 Å². The Morgan fingerprint density at radius 2 is 1.87 bits per heavy atom. The molecule has 156 valence electrons. The summed E-state index contributed by atoms with van der Waals surface area (Å²) in [7, 11) is 0. The lowest BCUT2D eigenvalue weighted by Crippen LogP contribution is -2.29. The highest BCUT2D eigenvalue weighted by Gasteiger charge is 2.18. The minimum atomic E-state index is -1.01. The van der Waals surface area contributed by atoms with Gasteiger partial charge in [-0.05, 0) is 61.4 Å². The van der Waals surface area contributed by atoms with E-state index in [-0.39, 0.29) is 23.6 Å². The Balaban J connectivity index is 1.71. The Morgan fingerprint density at radius 1 is 1.16 bits per heavy atom. The van der Waals surface area contributed by atoms with E-state index >= 15 is 0 Å². The molecule has 0 aliphatic carbocycles. The van der Waals surface area contributed by atoms with Gasteiger partial charge < -0.3 is 9.67 Å². The molecule has 2 aromatic carbocycles. The number of carbonyl (C=O) groups is 1. The molecule has 10 heteroatoms. The van der Waals surface area contributed by atoms with Crippen LogP contribution in [0.4, 0.5) is 5.69 Å². The number of anilines is 1. The number of hydrogen-bond donors (Lipinski definition) is 3. The number of aromatic nitrogens is 4. The molecule has 2 aromatic rings. The first-order valence-electron chi connectivity index (χ1n) is 9.36. The lowest BCUT2D eigenvalue weighted by Gasteiger charge is -2.16. The number of benzene rings is 2. The monoisotopic (exact) mass is 418 g/mol. The molecule has 4 rings (SSSR count). The van der Waals surface area contributed by atoms with Gasteiger partial charge in [-0.25, -0.2) is 14.6 Å². The van der Waals surface area contributed by atoms with Crippen LogP contribution >= 0.6 is 0 Å². The first kappa shape index (κ1) is 20.0. The van der Waals surface area contributed by atoms with Crippen molar-refractivity contribution in [1.29, 1.82) is 0 Å². The van der Waals surface area contributed by atoms with Crippen LogP contribution in [0.2, 0.25) is 0 Å². The first-order valence-corrected chi connectivity index (χ1v) is 9.36. The number of aromatic amines is 1. The molecule has 0 aromatic heterocycles. The number of nitrogens with one attached hydrogen (secondary N) is 2. The standard InChI is InChI=1S/C21H18N6O4/c1-11-9-15-16(10-12(11)2)27(18-17(23-15)19(28)25-21(31)24-18)8-7-22-26-14-5-3-13(4-6-14)20(29)30/h3-7,9-10,26H,8H2,1-2H3,(H,29,30)(H,25,28,31)/b22-7+. The Kier molecular flexibility index (Phi) is 5.04. The van der Waals surface area contributed by atoms with Crippen LogP contribution in [-0.2, 0) is 6.54 Å². The van der Waals surface area contributed by atoms with E-state index in [9.17, 15) is 14.4 Å². The maximum atomic E-state index is 12.3. The number of H-pyrrole nitrogens is 1. The minimum absolute atomic E-state index is 0.0703. The van der Waals surface area contributed by atoms with Gasteiger partial charge in [0.25, 0.3) is 5.56 Å². The summed E-state index contributed by atoms with van der Waals surface area (Å²) in [4.78, 5) is 45.5. The third-order valence-electron chi connectivity index (χ3n) is 4.91. The highest BCUT2D eigenvalue weighted by atomic mass is 16.4. The fourth-order valence-corrected chi connectivity index (χ4v) is 3.16. The maximum Gasteiger partial charge on any atom is 0.349 e. The third-order valence-corrected chi connectivity index (χ3v) is 4.91. The molecule has 0 amide bonds. The molecule has 2 aliphatic heterocycles. The number of carboxylic acids is 1. The number of hydrogen-bond acceptors (Lipinski definition) is 7. The molecule has 0 atom stereocenters. The first-order chi connectivity index (χ1) is 14.8. The SMILES string of the molecule is Cc1cc2nc3c(=O)[nH]c(=O)nc-3n(C/C=N/Nc3ccc(C(=O)O)cc3)c2cc1C. The normalized spacial score (nSPS) is 11.4. The molecule has 0 bridgehead atoms. The molecule has 10 nitrogen and oxygen atoms in total.